The molecule has 0 aliphatic heterocycles. The third-order valence-corrected chi connectivity index (χ3v) is 5.93. The van der Waals surface area contributed by atoms with E-state index in [1.807, 2.05) is 75.4 Å². The quantitative estimate of drug-likeness (QED) is 0.405. The van der Waals surface area contributed by atoms with E-state index < -0.39 is 6.04 Å². The number of nitrogens with one attached hydrogen (secondary N) is 1. The Morgan fingerprint density at radius 1 is 0.882 bits per heavy atom. The van der Waals surface area contributed by atoms with Gasteiger partial charge in [0.15, 0.2) is 0 Å². The van der Waals surface area contributed by atoms with Crippen LogP contribution < -0.4 is 5.32 Å². The molecule has 1 atom stereocenters. The minimum Gasteiger partial charge on any atom is -0.352 e. The number of hydrogen-bond acceptors (Lipinski definition) is 2. The molecule has 0 radical (unpaired) electrons. The molecule has 1 N–H and O–H groups in total. The second-order valence-corrected chi connectivity index (χ2v) is 9.44. The van der Waals surface area contributed by atoms with Crippen molar-refractivity contribution in [2.45, 2.75) is 58.7 Å². The molecule has 4 nitrogen and oxygen atoms in total. The number of aryl methyl sites for hydroxylation is 2. The number of nitrogens with zero attached hydrogens (tertiary/aromatic N) is 1. The average Bonchev–Trinajstić information content (AvgIpc) is 2.81. The Labute approximate surface area is 207 Å². The van der Waals surface area contributed by atoms with Gasteiger partial charge in [0.25, 0.3) is 0 Å². The number of carbonyl (C=O) groups is 2. The summed E-state index contributed by atoms with van der Waals surface area (Å²) in [6.07, 6.45) is 1.38. The summed E-state index contributed by atoms with van der Waals surface area (Å²) in [6, 6.07) is 24.8. The number of hydrogen-bond donors (Lipinski definition) is 1. The van der Waals surface area contributed by atoms with Gasteiger partial charge in [-0.1, -0.05) is 83.9 Å². The molecule has 3 aromatic rings. The maximum atomic E-state index is 13.6. The van der Waals surface area contributed by atoms with Gasteiger partial charge in [0.2, 0.25) is 11.8 Å². The Kier molecular flexibility index (Phi) is 9.29. The Balaban J connectivity index is 1.90. The van der Waals surface area contributed by atoms with E-state index in [1.165, 1.54) is 5.56 Å². The molecule has 0 heterocycles. The first-order valence-corrected chi connectivity index (χ1v) is 12.1. The summed E-state index contributed by atoms with van der Waals surface area (Å²) in [7, 11) is 0. The van der Waals surface area contributed by atoms with Gasteiger partial charge in [0, 0.05) is 30.5 Å². The zero-order valence-electron chi connectivity index (χ0n) is 20.1. The maximum absolute atomic E-state index is 13.6. The number of benzene rings is 3. The average molecular weight is 477 g/mol. The van der Waals surface area contributed by atoms with Crippen LogP contribution in [0.2, 0.25) is 5.02 Å². The van der Waals surface area contributed by atoms with Gasteiger partial charge in [0.05, 0.1) is 0 Å². The van der Waals surface area contributed by atoms with Crippen molar-refractivity contribution in [2.24, 2.45) is 0 Å². The van der Waals surface area contributed by atoms with E-state index in [4.69, 9.17) is 11.6 Å². The molecule has 0 saturated carbocycles. The molecule has 0 bridgehead atoms. The van der Waals surface area contributed by atoms with Crippen LogP contribution in [0.3, 0.4) is 0 Å². The molecule has 0 saturated heterocycles. The number of carbonyl (C=O) groups excluding carboxylic acids is 2. The molecule has 0 aromatic heterocycles. The Bertz CT molecular complexity index is 1080. The van der Waals surface area contributed by atoms with Gasteiger partial charge in [-0.2, -0.15) is 0 Å². The lowest BCUT2D eigenvalue weighted by atomic mass is 10.0. The van der Waals surface area contributed by atoms with E-state index in [2.05, 4.69) is 29.6 Å². The summed E-state index contributed by atoms with van der Waals surface area (Å²) in [5.74, 6) is -0.204. The van der Waals surface area contributed by atoms with Crippen molar-refractivity contribution in [3.63, 3.8) is 0 Å². The molecule has 34 heavy (non-hydrogen) atoms. The van der Waals surface area contributed by atoms with Crippen molar-refractivity contribution in [2.75, 3.05) is 0 Å². The van der Waals surface area contributed by atoms with Gasteiger partial charge in [0.1, 0.15) is 6.04 Å². The lowest BCUT2D eigenvalue weighted by Gasteiger charge is -2.32. The van der Waals surface area contributed by atoms with E-state index in [0.717, 1.165) is 16.7 Å². The first-order valence-electron chi connectivity index (χ1n) is 11.8. The number of halogens is 1. The summed E-state index contributed by atoms with van der Waals surface area (Å²) in [6.45, 7) is 6.22. The monoisotopic (exact) mass is 476 g/mol. The highest BCUT2D eigenvalue weighted by Crippen LogP contribution is 2.19. The predicted octanol–water partition coefficient (Wildman–Crippen LogP) is 5.75. The predicted molar refractivity (Wildman–Crippen MR) is 139 cm³/mol. The molecule has 0 aliphatic rings. The van der Waals surface area contributed by atoms with Gasteiger partial charge in [-0.25, -0.2) is 0 Å². The first kappa shape index (κ1) is 25.5. The van der Waals surface area contributed by atoms with E-state index in [0.29, 0.717) is 30.8 Å². The summed E-state index contributed by atoms with van der Waals surface area (Å²) in [5, 5.41) is 3.62. The minimum absolute atomic E-state index is 0.0264. The van der Waals surface area contributed by atoms with Crippen molar-refractivity contribution in [1.82, 2.24) is 10.2 Å². The van der Waals surface area contributed by atoms with Gasteiger partial charge >= 0.3 is 0 Å². The van der Waals surface area contributed by atoms with Crippen LogP contribution in [-0.4, -0.2) is 28.8 Å². The maximum Gasteiger partial charge on any atom is 0.243 e. The highest BCUT2D eigenvalue weighted by Gasteiger charge is 2.30. The Morgan fingerprint density at radius 2 is 1.56 bits per heavy atom. The summed E-state index contributed by atoms with van der Waals surface area (Å²) < 4.78 is 0. The van der Waals surface area contributed by atoms with Crippen LogP contribution in [0.4, 0.5) is 0 Å². The highest BCUT2D eigenvalue weighted by molar-refractivity contribution is 6.30. The second-order valence-electron chi connectivity index (χ2n) is 9.01. The number of amides is 2. The second kappa shape index (κ2) is 12.4. The third-order valence-electron chi connectivity index (χ3n) is 5.69. The van der Waals surface area contributed by atoms with Gasteiger partial charge < -0.3 is 10.2 Å². The molecule has 3 rings (SSSR count). The van der Waals surface area contributed by atoms with Crippen molar-refractivity contribution >= 4 is 23.4 Å². The van der Waals surface area contributed by atoms with E-state index in [9.17, 15) is 9.59 Å². The lowest BCUT2D eigenvalue weighted by Crippen LogP contribution is -2.51. The Hall–Kier alpha value is -3.11. The molecule has 0 aliphatic carbocycles. The number of rotatable bonds is 10. The van der Waals surface area contributed by atoms with Crippen LogP contribution in [0.15, 0.2) is 78.9 Å². The third kappa shape index (κ3) is 7.74. The topological polar surface area (TPSA) is 49.4 Å². The zero-order valence-corrected chi connectivity index (χ0v) is 20.9. The van der Waals surface area contributed by atoms with Crippen molar-refractivity contribution in [3.05, 3.63) is 106 Å². The molecular weight excluding hydrogens is 444 g/mol. The van der Waals surface area contributed by atoms with Crippen LogP contribution in [0.5, 0.6) is 0 Å². The molecule has 0 unspecified atom stereocenters. The zero-order chi connectivity index (χ0) is 24.5. The largest absolute Gasteiger partial charge is 0.352 e. The normalized spacial score (nSPS) is 11.8. The SMILES string of the molecule is Cc1ccc(CCC(=O)N(Cc2cccc(Cl)c2)[C@H](Cc2ccccc2)C(=O)NC(C)C)cc1. The molecular formula is C29H33ClN2O2. The molecule has 2 amide bonds. The molecule has 0 fully saturated rings. The van der Waals surface area contributed by atoms with Crippen LogP contribution in [-0.2, 0) is 29.0 Å². The summed E-state index contributed by atoms with van der Waals surface area (Å²) in [4.78, 5) is 28.7. The van der Waals surface area contributed by atoms with Gasteiger partial charge in [-0.3, -0.25) is 9.59 Å². The van der Waals surface area contributed by atoms with Crippen molar-refractivity contribution in [1.29, 1.82) is 0 Å². The minimum atomic E-state index is -0.630. The smallest absolute Gasteiger partial charge is 0.243 e. The van der Waals surface area contributed by atoms with E-state index in [1.54, 1.807) is 4.90 Å². The van der Waals surface area contributed by atoms with E-state index in [-0.39, 0.29) is 17.9 Å². The molecule has 5 heteroatoms. The highest BCUT2D eigenvalue weighted by atomic mass is 35.5. The van der Waals surface area contributed by atoms with Crippen LogP contribution >= 0.6 is 11.6 Å². The Morgan fingerprint density at radius 3 is 2.21 bits per heavy atom. The van der Waals surface area contributed by atoms with Crippen LogP contribution in [0, 0.1) is 6.92 Å². The lowest BCUT2D eigenvalue weighted by molar-refractivity contribution is -0.141. The fourth-order valence-electron chi connectivity index (χ4n) is 3.92. The summed E-state index contributed by atoms with van der Waals surface area (Å²) in [5.41, 5.74) is 4.19. The van der Waals surface area contributed by atoms with Crippen LogP contribution in [0.25, 0.3) is 0 Å². The molecule has 0 spiro atoms. The standard InChI is InChI=1S/C29H33ClN2O2/c1-21(2)31-29(34)27(19-24-8-5-4-6-9-24)32(20-25-10-7-11-26(30)18-25)28(33)17-16-23-14-12-22(3)13-15-23/h4-15,18,21,27H,16-17,19-20H2,1-3H3,(H,31,34)/t27-/m1/s1. The van der Waals surface area contributed by atoms with Gasteiger partial charge in [-0.05, 0) is 56.0 Å². The van der Waals surface area contributed by atoms with Gasteiger partial charge in [-0.15, -0.1) is 0 Å². The summed E-state index contributed by atoms with van der Waals surface area (Å²) >= 11 is 6.22. The molecule has 3 aromatic carbocycles. The fraction of sp³-hybridized carbons (Fsp3) is 0.310. The van der Waals surface area contributed by atoms with E-state index >= 15 is 0 Å². The molecule has 178 valence electrons. The van der Waals surface area contributed by atoms with Crippen molar-refractivity contribution in [3.8, 4) is 0 Å². The fourth-order valence-corrected chi connectivity index (χ4v) is 4.13. The van der Waals surface area contributed by atoms with Crippen molar-refractivity contribution < 1.29 is 9.59 Å². The van der Waals surface area contributed by atoms with Crippen LogP contribution in [0.1, 0.15) is 42.5 Å². The first-order chi connectivity index (χ1) is 16.3.